The number of nitrogens with one attached hydrogen (secondary N) is 1. The first-order valence-electron chi connectivity index (χ1n) is 8.02. The SMILES string of the molecule is CCN(CCCN(C)C)C(C)CC(C)(NC(C)C)C(=O)O. The van der Waals surface area contributed by atoms with Crippen molar-refractivity contribution in [3.8, 4) is 0 Å². The molecule has 0 amide bonds. The Kier molecular flexibility index (Phi) is 9.09. The molecular weight excluding hydrogens is 266 g/mol. The summed E-state index contributed by atoms with van der Waals surface area (Å²) in [6, 6.07) is 0.395. The van der Waals surface area contributed by atoms with Gasteiger partial charge in [0.25, 0.3) is 0 Å². The molecule has 0 spiro atoms. The minimum Gasteiger partial charge on any atom is -0.480 e. The van der Waals surface area contributed by atoms with Crippen LogP contribution in [-0.4, -0.2) is 72.2 Å². The maximum Gasteiger partial charge on any atom is 0.323 e. The summed E-state index contributed by atoms with van der Waals surface area (Å²) in [6.07, 6.45) is 1.71. The number of nitrogens with zero attached hydrogens (tertiary/aromatic N) is 2. The van der Waals surface area contributed by atoms with Crippen molar-refractivity contribution in [3.05, 3.63) is 0 Å². The first kappa shape index (κ1) is 20.3. The fourth-order valence-electron chi connectivity index (χ4n) is 2.85. The molecule has 0 aromatic rings. The van der Waals surface area contributed by atoms with Gasteiger partial charge in [-0.3, -0.25) is 10.1 Å². The van der Waals surface area contributed by atoms with Crippen molar-refractivity contribution in [1.29, 1.82) is 0 Å². The van der Waals surface area contributed by atoms with E-state index in [4.69, 9.17) is 0 Å². The van der Waals surface area contributed by atoms with E-state index < -0.39 is 11.5 Å². The van der Waals surface area contributed by atoms with Crippen molar-refractivity contribution in [2.24, 2.45) is 0 Å². The second-order valence-electron chi connectivity index (χ2n) is 6.77. The fraction of sp³-hybridized carbons (Fsp3) is 0.938. The Bertz CT molecular complexity index is 308. The second kappa shape index (κ2) is 9.38. The molecule has 21 heavy (non-hydrogen) atoms. The van der Waals surface area contributed by atoms with E-state index in [1.807, 2.05) is 13.8 Å². The molecule has 0 saturated carbocycles. The molecule has 0 aromatic heterocycles. The van der Waals surface area contributed by atoms with Crippen molar-refractivity contribution in [2.45, 2.75) is 65.1 Å². The number of hydrogen-bond donors (Lipinski definition) is 2. The smallest absolute Gasteiger partial charge is 0.323 e. The fourth-order valence-corrected chi connectivity index (χ4v) is 2.85. The van der Waals surface area contributed by atoms with E-state index in [1.54, 1.807) is 6.92 Å². The van der Waals surface area contributed by atoms with Crippen molar-refractivity contribution in [2.75, 3.05) is 33.7 Å². The van der Waals surface area contributed by atoms with Crippen LogP contribution in [0.5, 0.6) is 0 Å². The predicted molar refractivity (Wildman–Crippen MR) is 88.8 cm³/mol. The van der Waals surface area contributed by atoms with Gasteiger partial charge >= 0.3 is 5.97 Å². The van der Waals surface area contributed by atoms with Crippen LogP contribution in [0.2, 0.25) is 0 Å². The van der Waals surface area contributed by atoms with Gasteiger partial charge in [-0.1, -0.05) is 6.92 Å². The lowest BCUT2D eigenvalue weighted by Crippen LogP contribution is -2.55. The lowest BCUT2D eigenvalue weighted by atomic mass is 9.92. The number of rotatable bonds is 11. The van der Waals surface area contributed by atoms with Gasteiger partial charge in [-0.05, 0) is 74.3 Å². The van der Waals surface area contributed by atoms with Gasteiger partial charge < -0.3 is 14.9 Å². The summed E-state index contributed by atoms with van der Waals surface area (Å²) in [4.78, 5) is 16.2. The van der Waals surface area contributed by atoms with E-state index in [0.717, 1.165) is 26.1 Å². The zero-order chi connectivity index (χ0) is 16.6. The van der Waals surface area contributed by atoms with Crippen LogP contribution in [0, 0.1) is 0 Å². The Morgan fingerprint density at radius 2 is 1.81 bits per heavy atom. The minimum atomic E-state index is -0.872. The summed E-state index contributed by atoms with van der Waals surface area (Å²) in [5, 5.41) is 12.8. The molecule has 0 aliphatic rings. The third-order valence-corrected chi connectivity index (χ3v) is 3.86. The molecular formula is C16H35N3O2. The molecule has 0 aliphatic heterocycles. The van der Waals surface area contributed by atoms with Gasteiger partial charge in [0.2, 0.25) is 0 Å². The molecule has 0 aromatic carbocycles. The topological polar surface area (TPSA) is 55.8 Å². The lowest BCUT2D eigenvalue weighted by Gasteiger charge is -2.36. The quantitative estimate of drug-likeness (QED) is 0.610. The molecule has 5 nitrogen and oxygen atoms in total. The molecule has 5 heteroatoms. The highest BCUT2D eigenvalue weighted by Crippen LogP contribution is 2.18. The first-order chi connectivity index (χ1) is 9.62. The number of carboxylic acids is 1. The zero-order valence-electron chi connectivity index (χ0n) is 14.9. The number of aliphatic carboxylic acids is 1. The maximum atomic E-state index is 11.6. The van der Waals surface area contributed by atoms with Crippen molar-refractivity contribution in [1.82, 2.24) is 15.1 Å². The summed E-state index contributed by atoms with van der Waals surface area (Å²) >= 11 is 0. The van der Waals surface area contributed by atoms with Gasteiger partial charge in [-0.15, -0.1) is 0 Å². The first-order valence-corrected chi connectivity index (χ1v) is 8.02. The highest BCUT2D eigenvalue weighted by Gasteiger charge is 2.36. The normalized spacial score (nSPS) is 16.5. The average molecular weight is 301 g/mol. The third-order valence-electron chi connectivity index (χ3n) is 3.86. The summed E-state index contributed by atoms with van der Waals surface area (Å²) in [6.45, 7) is 13.0. The van der Waals surface area contributed by atoms with Crippen LogP contribution in [0.3, 0.4) is 0 Å². The van der Waals surface area contributed by atoms with Gasteiger partial charge in [0.15, 0.2) is 0 Å². The third kappa shape index (κ3) is 7.79. The molecule has 2 unspecified atom stereocenters. The summed E-state index contributed by atoms with van der Waals surface area (Å²) in [7, 11) is 4.15. The average Bonchev–Trinajstić information content (AvgIpc) is 2.32. The highest BCUT2D eigenvalue weighted by molar-refractivity contribution is 5.78. The van der Waals surface area contributed by atoms with Gasteiger partial charge in [0, 0.05) is 12.1 Å². The molecule has 0 heterocycles. The monoisotopic (exact) mass is 301 g/mol. The van der Waals surface area contributed by atoms with Crippen molar-refractivity contribution < 1.29 is 9.90 Å². The summed E-state index contributed by atoms with van der Waals surface area (Å²) < 4.78 is 0. The zero-order valence-corrected chi connectivity index (χ0v) is 14.9. The Morgan fingerprint density at radius 3 is 2.19 bits per heavy atom. The van der Waals surface area contributed by atoms with Crippen LogP contribution in [0.15, 0.2) is 0 Å². The van der Waals surface area contributed by atoms with E-state index >= 15 is 0 Å². The van der Waals surface area contributed by atoms with Crippen LogP contribution in [-0.2, 0) is 4.79 Å². The molecule has 2 N–H and O–H groups in total. The van der Waals surface area contributed by atoms with Gasteiger partial charge in [0.05, 0.1) is 0 Å². The maximum absolute atomic E-state index is 11.6. The van der Waals surface area contributed by atoms with Crippen LogP contribution < -0.4 is 5.32 Å². The van der Waals surface area contributed by atoms with E-state index in [1.165, 1.54) is 0 Å². The lowest BCUT2D eigenvalue weighted by molar-refractivity contribution is -0.145. The second-order valence-corrected chi connectivity index (χ2v) is 6.77. The molecule has 0 aliphatic carbocycles. The van der Waals surface area contributed by atoms with Crippen LogP contribution in [0.1, 0.15) is 47.5 Å². The van der Waals surface area contributed by atoms with E-state index in [-0.39, 0.29) is 12.1 Å². The Balaban J connectivity index is 4.63. The Morgan fingerprint density at radius 1 is 1.24 bits per heavy atom. The minimum absolute atomic E-state index is 0.155. The van der Waals surface area contributed by atoms with Crippen molar-refractivity contribution >= 4 is 5.97 Å². The predicted octanol–water partition coefficient (Wildman–Crippen LogP) is 1.88. The molecule has 0 rings (SSSR count). The van der Waals surface area contributed by atoms with Gasteiger partial charge in [-0.25, -0.2) is 0 Å². The number of hydrogen-bond acceptors (Lipinski definition) is 4. The highest BCUT2D eigenvalue weighted by atomic mass is 16.4. The van der Waals surface area contributed by atoms with Crippen LogP contribution in [0.25, 0.3) is 0 Å². The standard InChI is InChI=1S/C16H35N3O2/c1-8-19(11-9-10-18(6)7)14(4)12-16(5,15(20)21)17-13(2)3/h13-14,17H,8-12H2,1-7H3,(H,20,21). The molecule has 126 valence electrons. The Labute approximate surface area is 130 Å². The molecule has 0 radical (unpaired) electrons. The summed E-state index contributed by atoms with van der Waals surface area (Å²) in [5.41, 5.74) is -0.872. The molecule has 0 bridgehead atoms. The van der Waals surface area contributed by atoms with Crippen molar-refractivity contribution in [3.63, 3.8) is 0 Å². The van der Waals surface area contributed by atoms with Crippen LogP contribution in [0.4, 0.5) is 0 Å². The Hall–Kier alpha value is -0.650. The number of carboxylic acid groups (broad SMARTS) is 1. The van der Waals surface area contributed by atoms with E-state index in [9.17, 15) is 9.90 Å². The van der Waals surface area contributed by atoms with E-state index in [0.29, 0.717) is 6.42 Å². The van der Waals surface area contributed by atoms with Crippen LogP contribution >= 0.6 is 0 Å². The van der Waals surface area contributed by atoms with Gasteiger partial charge in [-0.2, -0.15) is 0 Å². The molecule has 0 saturated heterocycles. The molecule has 2 atom stereocenters. The van der Waals surface area contributed by atoms with Gasteiger partial charge in [0.1, 0.15) is 5.54 Å². The summed E-state index contributed by atoms with van der Waals surface area (Å²) in [5.74, 6) is -0.771. The number of carbonyl (C=O) groups is 1. The largest absolute Gasteiger partial charge is 0.480 e. The van der Waals surface area contributed by atoms with E-state index in [2.05, 4.69) is 43.1 Å². The molecule has 0 fully saturated rings.